The molecule has 0 spiro atoms. The summed E-state index contributed by atoms with van der Waals surface area (Å²) < 4.78 is 16.9. The number of esters is 3. The minimum atomic E-state index is -0.787. The van der Waals surface area contributed by atoms with Crippen LogP contribution in [0.3, 0.4) is 0 Å². The van der Waals surface area contributed by atoms with E-state index in [1.807, 2.05) is 0 Å². The monoisotopic (exact) mass is 993 g/mol. The predicted octanol–water partition coefficient (Wildman–Crippen LogP) is 20.8. The van der Waals surface area contributed by atoms with Crippen LogP contribution >= 0.6 is 0 Å². The van der Waals surface area contributed by atoms with Gasteiger partial charge in [0, 0.05) is 19.3 Å². The van der Waals surface area contributed by atoms with Gasteiger partial charge in [0.2, 0.25) is 0 Å². The normalized spacial score (nSPS) is 12.4. The zero-order valence-corrected chi connectivity index (χ0v) is 47.2. The summed E-state index contributed by atoms with van der Waals surface area (Å²) in [5.74, 6) is -0.891. The number of hydrogen-bond donors (Lipinski definition) is 0. The van der Waals surface area contributed by atoms with Gasteiger partial charge in [-0.05, 0) is 89.9 Å². The third-order valence-electron chi connectivity index (χ3n) is 13.5. The average Bonchev–Trinajstić information content (AvgIpc) is 3.37. The van der Waals surface area contributed by atoms with Gasteiger partial charge in [0.25, 0.3) is 0 Å². The SMILES string of the molecule is CCCCC/C=C/C/C=C/C/C=C/CCCCCCC(=O)O[C@@H](COC(=O)CCCCCCCCCCC/C=C/C/C=C/CCCCC)COC(=O)CCCCCCCCCCCCCCCCCCC. The fourth-order valence-corrected chi connectivity index (χ4v) is 8.83. The van der Waals surface area contributed by atoms with Crippen LogP contribution in [0.4, 0.5) is 0 Å². The molecule has 71 heavy (non-hydrogen) atoms. The van der Waals surface area contributed by atoms with Gasteiger partial charge in [0.05, 0.1) is 0 Å². The summed E-state index contributed by atoms with van der Waals surface area (Å²) >= 11 is 0. The summed E-state index contributed by atoms with van der Waals surface area (Å²) in [5, 5.41) is 0. The molecular weight excluding hydrogens is 877 g/mol. The number of hydrogen-bond acceptors (Lipinski definition) is 6. The van der Waals surface area contributed by atoms with E-state index in [9.17, 15) is 14.4 Å². The van der Waals surface area contributed by atoms with Crippen LogP contribution in [-0.4, -0.2) is 37.2 Å². The standard InChI is InChI=1S/C65H116O6/c1-4-7-10-13-16-19-22-25-28-31-32-35-37-40-43-46-49-52-55-58-64(67)70-61-62(71-65(68)59-56-53-50-47-44-41-38-34-30-27-24-21-18-15-12-9-6-3)60-69-63(66)57-54-51-48-45-42-39-36-33-29-26-23-20-17-14-11-8-5-2/h16,18-19,21,25,27-28,30,38,41,62H,4-15,17,20,22-24,26,29,31-37,39-40,42-61H2,1-3H3/b19-16+,21-18+,28-25+,30-27+,41-38+/t62-/m1/s1. The largest absolute Gasteiger partial charge is 0.462 e. The third kappa shape index (κ3) is 57.9. The maximum atomic E-state index is 12.9. The van der Waals surface area contributed by atoms with Crippen molar-refractivity contribution in [2.75, 3.05) is 13.2 Å². The number of rotatable bonds is 56. The molecule has 0 saturated heterocycles. The van der Waals surface area contributed by atoms with Crippen LogP contribution in [0.15, 0.2) is 60.8 Å². The number of unbranched alkanes of at least 4 members (excludes halogenated alkanes) is 35. The summed E-state index contributed by atoms with van der Waals surface area (Å²) in [6.45, 7) is 6.61. The van der Waals surface area contributed by atoms with Crippen LogP contribution in [0.1, 0.15) is 316 Å². The van der Waals surface area contributed by atoms with Crippen molar-refractivity contribution in [2.45, 2.75) is 322 Å². The van der Waals surface area contributed by atoms with Gasteiger partial charge in [0.15, 0.2) is 6.10 Å². The van der Waals surface area contributed by atoms with Crippen molar-refractivity contribution in [3.05, 3.63) is 60.8 Å². The van der Waals surface area contributed by atoms with E-state index in [1.165, 1.54) is 186 Å². The fraction of sp³-hybridized carbons (Fsp3) is 0.800. The molecule has 6 nitrogen and oxygen atoms in total. The lowest BCUT2D eigenvalue weighted by Gasteiger charge is -2.18. The molecule has 0 radical (unpaired) electrons. The highest BCUT2D eigenvalue weighted by Crippen LogP contribution is 2.16. The van der Waals surface area contributed by atoms with E-state index >= 15 is 0 Å². The zero-order chi connectivity index (χ0) is 51.4. The van der Waals surface area contributed by atoms with Crippen molar-refractivity contribution in [2.24, 2.45) is 0 Å². The summed E-state index contributed by atoms with van der Waals surface area (Å²) in [6.07, 6.45) is 74.9. The molecule has 0 fully saturated rings. The van der Waals surface area contributed by atoms with Crippen molar-refractivity contribution < 1.29 is 28.6 Å². The fourth-order valence-electron chi connectivity index (χ4n) is 8.83. The summed E-state index contributed by atoms with van der Waals surface area (Å²) in [7, 11) is 0. The van der Waals surface area contributed by atoms with Gasteiger partial charge in [-0.25, -0.2) is 0 Å². The van der Waals surface area contributed by atoms with Crippen LogP contribution in [0.2, 0.25) is 0 Å². The van der Waals surface area contributed by atoms with Gasteiger partial charge < -0.3 is 14.2 Å². The summed E-state index contributed by atoms with van der Waals surface area (Å²) in [6, 6.07) is 0. The molecule has 0 aliphatic rings. The predicted molar refractivity (Wildman–Crippen MR) is 307 cm³/mol. The Morgan fingerprint density at radius 2 is 0.507 bits per heavy atom. The quantitative estimate of drug-likeness (QED) is 0.0261. The zero-order valence-electron chi connectivity index (χ0n) is 47.2. The lowest BCUT2D eigenvalue weighted by molar-refractivity contribution is -0.167. The molecule has 412 valence electrons. The number of allylic oxidation sites excluding steroid dienone is 10. The van der Waals surface area contributed by atoms with E-state index in [-0.39, 0.29) is 31.1 Å². The number of carbonyl (C=O) groups excluding carboxylic acids is 3. The Morgan fingerprint density at radius 1 is 0.282 bits per heavy atom. The number of carbonyl (C=O) groups is 3. The van der Waals surface area contributed by atoms with E-state index < -0.39 is 6.10 Å². The molecule has 0 rings (SSSR count). The van der Waals surface area contributed by atoms with Crippen molar-refractivity contribution in [3.8, 4) is 0 Å². The molecule has 0 aromatic carbocycles. The minimum absolute atomic E-state index is 0.0817. The second kappa shape index (κ2) is 59.7. The van der Waals surface area contributed by atoms with Crippen LogP contribution in [-0.2, 0) is 28.6 Å². The first kappa shape index (κ1) is 68.1. The maximum absolute atomic E-state index is 12.9. The van der Waals surface area contributed by atoms with E-state index in [2.05, 4.69) is 81.5 Å². The molecule has 0 aromatic heterocycles. The van der Waals surface area contributed by atoms with Gasteiger partial charge in [0.1, 0.15) is 13.2 Å². The van der Waals surface area contributed by atoms with Gasteiger partial charge in [-0.3, -0.25) is 14.4 Å². The van der Waals surface area contributed by atoms with E-state index in [1.54, 1.807) is 0 Å². The Morgan fingerprint density at radius 3 is 0.817 bits per heavy atom. The molecular formula is C65H116O6. The molecule has 0 bridgehead atoms. The van der Waals surface area contributed by atoms with Gasteiger partial charge >= 0.3 is 17.9 Å². The summed E-state index contributed by atoms with van der Waals surface area (Å²) in [5.41, 5.74) is 0. The maximum Gasteiger partial charge on any atom is 0.306 e. The lowest BCUT2D eigenvalue weighted by atomic mass is 10.0. The summed E-state index contributed by atoms with van der Waals surface area (Å²) in [4.78, 5) is 38.3. The molecule has 0 aromatic rings. The van der Waals surface area contributed by atoms with E-state index in [0.717, 1.165) is 89.9 Å². The Balaban J connectivity index is 4.39. The van der Waals surface area contributed by atoms with Crippen LogP contribution in [0, 0.1) is 0 Å². The Bertz CT molecular complexity index is 1280. The smallest absolute Gasteiger partial charge is 0.306 e. The molecule has 0 amide bonds. The second-order valence-corrected chi connectivity index (χ2v) is 20.6. The Kier molecular flexibility index (Phi) is 57.2. The van der Waals surface area contributed by atoms with Crippen molar-refractivity contribution >= 4 is 17.9 Å². The molecule has 0 unspecified atom stereocenters. The molecule has 0 N–H and O–H groups in total. The molecule has 0 aliphatic heterocycles. The first-order valence-corrected chi connectivity index (χ1v) is 30.8. The van der Waals surface area contributed by atoms with Crippen molar-refractivity contribution in [1.29, 1.82) is 0 Å². The van der Waals surface area contributed by atoms with Gasteiger partial charge in [-0.15, -0.1) is 0 Å². The van der Waals surface area contributed by atoms with Crippen molar-refractivity contribution in [1.82, 2.24) is 0 Å². The van der Waals surface area contributed by atoms with E-state index in [0.29, 0.717) is 19.3 Å². The molecule has 0 aliphatic carbocycles. The van der Waals surface area contributed by atoms with E-state index in [4.69, 9.17) is 14.2 Å². The highest BCUT2D eigenvalue weighted by Gasteiger charge is 2.19. The van der Waals surface area contributed by atoms with Gasteiger partial charge in [-0.1, -0.05) is 268 Å². The van der Waals surface area contributed by atoms with Gasteiger partial charge in [-0.2, -0.15) is 0 Å². The van der Waals surface area contributed by atoms with Crippen LogP contribution < -0.4 is 0 Å². The minimum Gasteiger partial charge on any atom is -0.462 e. The first-order valence-electron chi connectivity index (χ1n) is 30.8. The lowest BCUT2D eigenvalue weighted by Crippen LogP contribution is -2.30. The molecule has 0 heterocycles. The Labute approximate surface area is 440 Å². The van der Waals surface area contributed by atoms with Crippen LogP contribution in [0.25, 0.3) is 0 Å². The van der Waals surface area contributed by atoms with Crippen molar-refractivity contribution in [3.63, 3.8) is 0 Å². The highest BCUT2D eigenvalue weighted by atomic mass is 16.6. The average molecular weight is 994 g/mol. The second-order valence-electron chi connectivity index (χ2n) is 20.6. The first-order chi connectivity index (χ1) is 35.0. The topological polar surface area (TPSA) is 78.9 Å². The Hall–Kier alpha value is -2.89. The van der Waals surface area contributed by atoms with Crippen LogP contribution in [0.5, 0.6) is 0 Å². The third-order valence-corrected chi connectivity index (χ3v) is 13.5. The number of ether oxygens (including phenoxy) is 3. The highest BCUT2D eigenvalue weighted by molar-refractivity contribution is 5.71. The molecule has 0 saturated carbocycles. The molecule has 6 heteroatoms. The molecule has 1 atom stereocenters.